The number of carbonyl (C=O) groups is 1. The minimum Gasteiger partial charge on any atom is -0.444 e. The number of ether oxygens (including phenoxy) is 1. The van der Waals surface area contributed by atoms with E-state index >= 15 is 0 Å². The van der Waals surface area contributed by atoms with Gasteiger partial charge in [-0.2, -0.15) is 13.2 Å². The van der Waals surface area contributed by atoms with Crippen LogP contribution >= 0.6 is 27.3 Å². The Balaban J connectivity index is 1.91. The van der Waals surface area contributed by atoms with Gasteiger partial charge in [-0.05, 0) is 62.8 Å². The normalized spacial score (nSPS) is 16.8. The monoisotopic (exact) mass is 608 g/mol. The van der Waals surface area contributed by atoms with Crippen molar-refractivity contribution in [2.45, 2.75) is 87.1 Å². The van der Waals surface area contributed by atoms with Gasteiger partial charge in [-0.3, -0.25) is 0 Å². The fraction of sp³-hybridized carbons (Fsp3) is 0.600. The van der Waals surface area contributed by atoms with Gasteiger partial charge in [0.05, 0.1) is 10.7 Å². The zero-order valence-electron chi connectivity index (χ0n) is 21.3. The number of rotatable bonds is 4. The number of nitrogens with zero attached hydrogens (tertiary/aromatic N) is 2. The summed E-state index contributed by atoms with van der Waals surface area (Å²) in [5.41, 5.74) is -4.05. The van der Waals surface area contributed by atoms with E-state index in [0.717, 1.165) is 22.7 Å². The molecule has 1 saturated heterocycles. The summed E-state index contributed by atoms with van der Waals surface area (Å²) in [6.45, 7) is 12.3. The third kappa shape index (κ3) is 7.10. The van der Waals surface area contributed by atoms with Crippen molar-refractivity contribution in [2.75, 3.05) is 13.1 Å². The summed E-state index contributed by atoms with van der Waals surface area (Å²) in [7, 11) is -3.14. The number of thiazole rings is 1. The van der Waals surface area contributed by atoms with Crippen LogP contribution in [0.15, 0.2) is 23.1 Å². The summed E-state index contributed by atoms with van der Waals surface area (Å²) in [6, 6.07) is 4.56. The molecule has 0 saturated carbocycles. The van der Waals surface area contributed by atoms with Gasteiger partial charge >= 0.3 is 11.6 Å². The lowest BCUT2D eigenvalue weighted by Crippen LogP contribution is -2.41. The van der Waals surface area contributed by atoms with Gasteiger partial charge in [0.2, 0.25) is 0 Å². The molecule has 2 aromatic rings. The molecule has 1 atom stereocenters. The predicted octanol–water partition coefficient (Wildman–Crippen LogP) is 7.74. The Morgan fingerprint density at radius 3 is 2.25 bits per heavy atom. The Morgan fingerprint density at radius 2 is 1.75 bits per heavy atom. The number of hydrogen-bond acceptors (Lipinski definition) is 5. The number of benzene rings is 1. The van der Waals surface area contributed by atoms with Crippen LogP contribution < -0.4 is 0 Å². The van der Waals surface area contributed by atoms with Crippen LogP contribution in [0.3, 0.4) is 0 Å². The molecule has 1 aromatic carbocycles. The maximum absolute atomic E-state index is 13.3. The highest BCUT2D eigenvalue weighted by Crippen LogP contribution is 2.40. The van der Waals surface area contributed by atoms with Gasteiger partial charge in [0.1, 0.15) is 5.60 Å². The van der Waals surface area contributed by atoms with E-state index in [9.17, 15) is 22.2 Å². The summed E-state index contributed by atoms with van der Waals surface area (Å²) in [5.74, 6) is 0.134. The minimum atomic E-state index is -4.85. The molecule has 1 amide bonds. The average molecular weight is 610 g/mol. The first-order valence-electron chi connectivity index (χ1n) is 11.7. The molecule has 1 fully saturated rings. The zero-order valence-corrected chi connectivity index (χ0v) is 24.5. The number of likely N-dealkylation sites (tertiary alicyclic amines) is 1. The molecule has 0 N–H and O–H groups in total. The van der Waals surface area contributed by atoms with Crippen LogP contribution in [-0.4, -0.2) is 44.4 Å². The number of hydrogen-bond donors (Lipinski definition) is 0. The van der Waals surface area contributed by atoms with Crippen molar-refractivity contribution in [3.63, 3.8) is 0 Å². The largest absolute Gasteiger partial charge is 0.475 e. The molecule has 200 valence electrons. The second-order valence-corrected chi connectivity index (χ2v) is 14.1. The van der Waals surface area contributed by atoms with E-state index < -0.39 is 27.3 Å². The molecule has 11 heteroatoms. The summed E-state index contributed by atoms with van der Waals surface area (Å²) in [5, 5.41) is 1.39. The van der Waals surface area contributed by atoms with Crippen LogP contribution in [0.4, 0.5) is 18.0 Å². The van der Waals surface area contributed by atoms with Crippen LogP contribution in [-0.2, 0) is 26.3 Å². The van der Waals surface area contributed by atoms with Gasteiger partial charge in [0.25, 0.3) is 0 Å². The molecule has 0 aliphatic carbocycles. The van der Waals surface area contributed by atoms with E-state index in [1.807, 2.05) is 47.6 Å². The van der Waals surface area contributed by atoms with Gasteiger partial charge in [-0.1, -0.05) is 36.7 Å². The molecule has 2 heterocycles. The molecule has 1 unspecified atom stereocenters. The maximum Gasteiger partial charge on any atom is 0.475 e. The number of piperidine rings is 1. The number of amides is 1. The second-order valence-electron chi connectivity index (χ2n) is 10.9. The van der Waals surface area contributed by atoms with E-state index in [4.69, 9.17) is 9.72 Å². The Kier molecular flexibility index (Phi) is 8.67. The molecule has 0 spiro atoms. The third-order valence-electron chi connectivity index (χ3n) is 5.80. The molecule has 1 aliphatic heterocycles. The van der Waals surface area contributed by atoms with Crippen LogP contribution in [0.1, 0.15) is 75.8 Å². The van der Waals surface area contributed by atoms with Gasteiger partial charge < -0.3 is 9.64 Å². The quantitative estimate of drug-likeness (QED) is 0.333. The van der Waals surface area contributed by atoms with E-state index in [1.165, 1.54) is 23.5 Å². The summed E-state index contributed by atoms with van der Waals surface area (Å²) in [6.07, 6.45) is 1.12. The molecule has 1 aliphatic rings. The van der Waals surface area contributed by atoms with E-state index in [-0.39, 0.29) is 16.9 Å². The molecule has 0 radical (unpaired) electrons. The summed E-state index contributed by atoms with van der Waals surface area (Å²) in [4.78, 5) is 19.6. The topological polar surface area (TPSA) is 59.5 Å². The molecule has 36 heavy (non-hydrogen) atoms. The fourth-order valence-corrected chi connectivity index (χ4v) is 6.36. The minimum absolute atomic E-state index is 0.134. The molecular weight excluding hydrogens is 577 g/mol. The Bertz CT molecular complexity index is 1130. The maximum atomic E-state index is 13.3. The lowest BCUT2D eigenvalue weighted by atomic mass is 9.86. The summed E-state index contributed by atoms with van der Waals surface area (Å²) >= 11 is 5.02. The van der Waals surface area contributed by atoms with E-state index in [2.05, 4.69) is 15.9 Å². The second kappa shape index (κ2) is 10.7. The predicted molar refractivity (Wildman–Crippen MR) is 141 cm³/mol. The van der Waals surface area contributed by atoms with Crippen molar-refractivity contribution in [1.82, 2.24) is 9.88 Å². The van der Waals surface area contributed by atoms with Gasteiger partial charge in [0, 0.05) is 39.7 Å². The molecule has 3 rings (SSSR count). The highest BCUT2D eigenvalue weighted by atomic mass is 79.9. The molecule has 1 aromatic heterocycles. The standard InChI is InChI=1S/C25H32BrF3N2O3S2/c1-23(2,3)17-11-16(12-18(13-17)36(33)25(27,28)29)20-19(14-26)35-21(30-20)15-7-9-31(10-8-15)22(32)34-24(4,5)6/h11-13,15H,7-10,14H2,1-6H3. The lowest BCUT2D eigenvalue weighted by molar-refractivity contribution is -0.0384. The first-order chi connectivity index (χ1) is 16.5. The SMILES string of the molecule is CC(C)(C)OC(=O)N1CCC(c2nc(-c3cc(S(=O)C(F)(F)F)cc(C(C)(C)C)c3)c(CBr)s2)CC1. The zero-order chi connectivity index (χ0) is 27.1. The Labute approximate surface area is 225 Å². The number of carbonyl (C=O) groups excluding carboxylic acids is 1. The van der Waals surface area contributed by atoms with Crippen molar-refractivity contribution in [1.29, 1.82) is 0 Å². The third-order valence-corrected chi connectivity index (χ3v) is 9.04. The summed E-state index contributed by atoms with van der Waals surface area (Å²) < 4.78 is 57.6. The van der Waals surface area contributed by atoms with Crippen molar-refractivity contribution < 1.29 is 26.9 Å². The van der Waals surface area contributed by atoms with E-state index in [0.29, 0.717) is 35.2 Å². The van der Waals surface area contributed by atoms with Crippen LogP contribution in [0.2, 0.25) is 0 Å². The Morgan fingerprint density at radius 1 is 1.14 bits per heavy atom. The highest BCUT2D eigenvalue weighted by Gasteiger charge is 2.39. The van der Waals surface area contributed by atoms with Crippen molar-refractivity contribution in [2.24, 2.45) is 0 Å². The van der Waals surface area contributed by atoms with Crippen LogP contribution in [0.5, 0.6) is 0 Å². The first kappa shape index (κ1) is 29.1. The molecular formula is C25H32BrF3N2O3S2. The molecule has 0 bridgehead atoms. The van der Waals surface area contributed by atoms with Crippen LogP contribution in [0.25, 0.3) is 11.3 Å². The first-order valence-corrected chi connectivity index (χ1v) is 14.8. The lowest BCUT2D eigenvalue weighted by Gasteiger charge is -2.32. The number of halogens is 4. The average Bonchev–Trinajstić information content (AvgIpc) is 3.20. The van der Waals surface area contributed by atoms with Crippen LogP contribution in [0, 0.1) is 0 Å². The van der Waals surface area contributed by atoms with Crippen molar-refractivity contribution in [3.8, 4) is 11.3 Å². The van der Waals surface area contributed by atoms with Gasteiger partial charge in [-0.15, -0.1) is 11.3 Å². The van der Waals surface area contributed by atoms with Crippen molar-refractivity contribution in [3.05, 3.63) is 33.6 Å². The highest BCUT2D eigenvalue weighted by molar-refractivity contribution is 9.08. The van der Waals surface area contributed by atoms with Gasteiger partial charge in [-0.25, -0.2) is 14.0 Å². The Hall–Kier alpha value is -1.46. The van der Waals surface area contributed by atoms with E-state index in [1.54, 1.807) is 4.90 Å². The smallest absolute Gasteiger partial charge is 0.444 e. The number of aromatic nitrogens is 1. The fourth-order valence-electron chi connectivity index (χ4n) is 3.91. The number of alkyl halides is 4. The van der Waals surface area contributed by atoms with Gasteiger partial charge in [0.15, 0.2) is 10.8 Å². The molecule has 5 nitrogen and oxygen atoms in total. The van der Waals surface area contributed by atoms with Crippen molar-refractivity contribution >= 4 is 44.2 Å².